The fraction of sp³-hybridized carbons (Fsp3) is 0.857. The summed E-state index contributed by atoms with van der Waals surface area (Å²) in [6.45, 7) is 3.82. The summed E-state index contributed by atoms with van der Waals surface area (Å²) in [6, 6.07) is 0. The highest BCUT2D eigenvalue weighted by Crippen LogP contribution is 2.09. The largest absolute Gasteiger partial charge is 0.481 e. The summed E-state index contributed by atoms with van der Waals surface area (Å²) >= 11 is 0. The molecule has 0 aliphatic rings. The molecule has 0 spiro atoms. The molecule has 0 radical (unpaired) electrons. The van der Waals surface area contributed by atoms with E-state index in [-0.39, 0.29) is 6.42 Å². The lowest BCUT2D eigenvalue weighted by atomic mass is 10.1. The number of nitrogens with one attached hydrogen (secondary N) is 1. The van der Waals surface area contributed by atoms with E-state index in [1.54, 1.807) is 0 Å². The SMILES string of the molecule is CCCCCCCCC=CCCCCCCCCNCCC(=O)O. The summed E-state index contributed by atoms with van der Waals surface area (Å²) in [5.74, 6) is -0.719. The molecule has 0 aromatic rings. The van der Waals surface area contributed by atoms with Gasteiger partial charge in [0.25, 0.3) is 0 Å². The molecule has 0 aromatic carbocycles. The molecule has 0 aromatic heterocycles. The Labute approximate surface area is 150 Å². The van der Waals surface area contributed by atoms with E-state index in [4.69, 9.17) is 5.11 Å². The lowest BCUT2D eigenvalue weighted by Gasteiger charge is -2.03. The van der Waals surface area contributed by atoms with Crippen molar-refractivity contribution >= 4 is 5.97 Å². The number of carboxylic acid groups (broad SMARTS) is 1. The molecule has 0 amide bonds. The van der Waals surface area contributed by atoms with Crippen molar-refractivity contribution in [2.45, 2.75) is 103 Å². The number of hydrogen-bond donors (Lipinski definition) is 2. The summed E-state index contributed by atoms with van der Waals surface area (Å²) in [7, 11) is 0. The number of hydrogen-bond acceptors (Lipinski definition) is 2. The first-order valence-electron chi connectivity index (χ1n) is 10.3. The van der Waals surface area contributed by atoms with Crippen molar-refractivity contribution in [1.29, 1.82) is 0 Å². The summed E-state index contributed by atoms with van der Waals surface area (Å²) in [5.41, 5.74) is 0. The molecule has 0 aliphatic carbocycles. The van der Waals surface area contributed by atoms with E-state index in [9.17, 15) is 4.79 Å². The van der Waals surface area contributed by atoms with Gasteiger partial charge in [-0.05, 0) is 38.6 Å². The maximum Gasteiger partial charge on any atom is 0.304 e. The third kappa shape index (κ3) is 21.2. The van der Waals surface area contributed by atoms with E-state index < -0.39 is 5.97 Å². The molecule has 0 unspecified atom stereocenters. The summed E-state index contributed by atoms with van der Waals surface area (Å²) in [6.07, 6.45) is 23.5. The zero-order valence-corrected chi connectivity index (χ0v) is 16.0. The van der Waals surface area contributed by atoms with E-state index in [0.717, 1.165) is 13.0 Å². The van der Waals surface area contributed by atoms with Crippen LogP contribution in [-0.2, 0) is 4.79 Å². The molecular weight excluding hydrogens is 298 g/mol. The fourth-order valence-electron chi connectivity index (χ4n) is 2.82. The molecule has 0 fully saturated rings. The van der Waals surface area contributed by atoms with Gasteiger partial charge in [0, 0.05) is 6.54 Å². The van der Waals surface area contributed by atoms with Crippen molar-refractivity contribution in [3.8, 4) is 0 Å². The van der Waals surface area contributed by atoms with Gasteiger partial charge in [-0.3, -0.25) is 4.79 Å². The van der Waals surface area contributed by atoms with Crippen LogP contribution >= 0.6 is 0 Å². The van der Waals surface area contributed by atoms with Crippen molar-refractivity contribution < 1.29 is 9.90 Å². The van der Waals surface area contributed by atoms with Gasteiger partial charge in [-0.2, -0.15) is 0 Å². The molecule has 0 rings (SSSR count). The first-order chi connectivity index (χ1) is 11.8. The second-order valence-electron chi connectivity index (χ2n) is 6.83. The van der Waals surface area contributed by atoms with E-state index >= 15 is 0 Å². The average molecular weight is 340 g/mol. The molecule has 24 heavy (non-hydrogen) atoms. The van der Waals surface area contributed by atoms with Gasteiger partial charge in [0.05, 0.1) is 6.42 Å². The van der Waals surface area contributed by atoms with Crippen LogP contribution in [-0.4, -0.2) is 24.2 Å². The van der Waals surface area contributed by atoms with Crippen molar-refractivity contribution in [1.82, 2.24) is 5.32 Å². The zero-order chi connectivity index (χ0) is 17.7. The smallest absolute Gasteiger partial charge is 0.304 e. The predicted octanol–water partition coefficient (Wildman–Crippen LogP) is 6.09. The average Bonchev–Trinajstić information content (AvgIpc) is 2.56. The molecule has 0 saturated heterocycles. The Kier molecular flexibility index (Phi) is 19.5. The zero-order valence-electron chi connectivity index (χ0n) is 16.0. The highest BCUT2D eigenvalue weighted by Gasteiger charge is 1.95. The maximum atomic E-state index is 10.3. The highest BCUT2D eigenvalue weighted by molar-refractivity contribution is 5.66. The van der Waals surface area contributed by atoms with Gasteiger partial charge < -0.3 is 10.4 Å². The maximum absolute atomic E-state index is 10.3. The molecule has 3 heteroatoms. The second-order valence-corrected chi connectivity index (χ2v) is 6.83. The fourth-order valence-corrected chi connectivity index (χ4v) is 2.82. The molecule has 0 bridgehead atoms. The standard InChI is InChI=1S/C21H41NO2/c1-2-3-4-5-6-7-8-9-10-11-12-13-14-15-16-17-19-22-20-18-21(23)24/h9-10,22H,2-8,11-20H2,1H3,(H,23,24). The molecular formula is C21H41NO2. The van der Waals surface area contributed by atoms with E-state index in [2.05, 4.69) is 24.4 Å². The molecule has 0 aliphatic heterocycles. The van der Waals surface area contributed by atoms with Crippen LogP contribution in [0.2, 0.25) is 0 Å². The van der Waals surface area contributed by atoms with Crippen LogP contribution in [0, 0.1) is 0 Å². The predicted molar refractivity (Wildman–Crippen MR) is 105 cm³/mol. The van der Waals surface area contributed by atoms with Crippen LogP contribution in [0.4, 0.5) is 0 Å². The van der Waals surface area contributed by atoms with E-state index in [1.807, 2.05) is 0 Å². The molecule has 0 heterocycles. The number of allylic oxidation sites excluding steroid dienone is 2. The van der Waals surface area contributed by atoms with Crippen LogP contribution in [0.3, 0.4) is 0 Å². The summed E-state index contributed by atoms with van der Waals surface area (Å²) in [4.78, 5) is 10.3. The van der Waals surface area contributed by atoms with Crippen molar-refractivity contribution in [2.24, 2.45) is 0 Å². The number of unbranched alkanes of at least 4 members (excludes halogenated alkanes) is 12. The number of carboxylic acids is 1. The van der Waals surface area contributed by atoms with Crippen LogP contribution in [0.1, 0.15) is 103 Å². The first kappa shape index (κ1) is 23.2. The van der Waals surface area contributed by atoms with Crippen molar-refractivity contribution in [3.63, 3.8) is 0 Å². The third-order valence-corrected chi connectivity index (χ3v) is 4.38. The Morgan fingerprint density at radius 1 is 0.750 bits per heavy atom. The molecule has 3 nitrogen and oxygen atoms in total. The minimum Gasteiger partial charge on any atom is -0.481 e. The Balaban J connectivity index is 3.06. The van der Waals surface area contributed by atoms with Gasteiger partial charge >= 0.3 is 5.97 Å². The minimum atomic E-state index is -0.719. The lowest BCUT2D eigenvalue weighted by molar-refractivity contribution is -0.136. The second kappa shape index (κ2) is 20.2. The van der Waals surface area contributed by atoms with Crippen molar-refractivity contribution in [3.05, 3.63) is 12.2 Å². The molecule has 0 atom stereocenters. The minimum absolute atomic E-state index is 0.229. The normalized spacial score (nSPS) is 11.4. The van der Waals surface area contributed by atoms with Gasteiger partial charge in [-0.15, -0.1) is 0 Å². The highest BCUT2D eigenvalue weighted by atomic mass is 16.4. The van der Waals surface area contributed by atoms with Crippen LogP contribution in [0.25, 0.3) is 0 Å². The molecule has 0 saturated carbocycles. The number of carbonyl (C=O) groups is 1. The van der Waals surface area contributed by atoms with E-state index in [0.29, 0.717) is 6.54 Å². The van der Waals surface area contributed by atoms with Gasteiger partial charge in [0.2, 0.25) is 0 Å². The molecule has 142 valence electrons. The monoisotopic (exact) mass is 339 g/mol. The van der Waals surface area contributed by atoms with Crippen LogP contribution in [0.15, 0.2) is 12.2 Å². The third-order valence-electron chi connectivity index (χ3n) is 4.38. The van der Waals surface area contributed by atoms with Gasteiger partial charge in [0.1, 0.15) is 0 Å². The van der Waals surface area contributed by atoms with Crippen LogP contribution < -0.4 is 5.32 Å². The van der Waals surface area contributed by atoms with Gasteiger partial charge in [-0.1, -0.05) is 76.9 Å². The first-order valence-corrected chi connectivity index (χ1v) is 10.3. The summed E-state index contributed by atoms with van der Waals surface area (Å²) < 4.78 is 0. The molecule has 2 N–H and O–H groups in total. The Hall–Kier alpha value is -0.830. The van der Waals surface area contributed by atoms with E-state index in [1.165, 1.54) is 83.5 Å². The quantitative estimate of drug-likeness (QED) is 0.221. The lowest BCUT2D eigenvalue weighted by Crippen LogP contribution is -2.19. The number of aliphatic carboxylic acids is 1. The van der Waals surface area contributed by atoms with Gasteiger partial charge in [0.15, 0.2) is 0 Å². The van der Waals surface area contributed by atoms with Crippen molar-refractivity contribution in [2.75, 3.05) is 13.1 Å². The Morgan fingerprint density at radius 2 is 1.25 bits per heavy atom. The Morgan fingerprint density at radius 3 is 1.79 bits per heavy atom. The topological polar surface area (TPSA) is 49.3 Å². The Bertz CT molecular complexity index is 290. The van der Waals surface area contributed by atoms with Crippen LogP contribution in [0.5, 0.6) is 0 Å². The van der Waals surface area contributed by atoms with Gasteiger partial charge in [-0.25, -0.2) is 0 Å². The summed E-state index contributed by atoms with van der Waals surface area (Å²) in [5, 5.41) is 11.7. The number of rotatable bonds is 19.